The fourth-order valence-electron chi connectivity index (χ4n) is 4.46. The van der Waals surface area contributed by atoms with Crippen LogP contribution in [0.4, 0.5) is 4.79 Å². The number of hydrogen-bond donors (Lipinski definition) is 1. The van der Waals surface area contributed by atoms with Crippen LogP contribution in [0, 0.1) is 11.8 Å². The van der Waals surface area contributed by atoms with Crippen molar-refractivity contribution in [3.63, 3.8) is 0 Å². The quantitative estimate of drug-likeness (QED) is 0.428. The Morgan fingerprint density at radius 2 is 1.82 bits per heavy atom. The van der Waals surface area contributed by atoms with Gasteiger partial charge in [-0.25, -0.2) is 4.79 Å². The van der Waals surface area contributed by atoms with Crippen LogP contribution in [-0.4, -0.2) is 69.3 Å². The van der Waals surface area contributed by atoms with Gasteiger partial charge in [0.05, 0.1) is 5.54 Å². The molecule has 1 saturated carbocycles. The highest BCUT2D eigenvalue weighted by Crippen LogP contribution is 2.32. The number of likely N-dealkylation sites (tertiary alicyclic amines) is 1. The summed E-state index contributed by atoms with van der Waals surface area (Å²) < 4.78 is 5.80. The molecule has 0 radical (unpaired) electrons. The minimum Gasteiger partial charge on any atom is -0.438 e. The molecule has 0 aromatic heterocycles. The number of amides is 3. The van der Waals surface area contributed by atoms with Crippen LogP contribution in [0.2, 0.25) is 0 Å². The van der Waals surface area contributed by atoms with Crippen molar-refractivity contribution in [2.75, 3.05) is 12.8 Å². The molecule has 3 rings (SSSR count). The van der Waals surface area contributed by atoms with Crippen molar-refractivity contribution in [3.8, 4) is 0 Å². The highest BCUT2D eigenvalue weighted by atomic mass is 32.2. The largest absolute Gasteiger partial charge is 0.438 e. The molecular weight excluding hydrogens is 456 g/mol. The van der Waals surface area contributed by atoms with Gasteiger partial charge in [-0.15, -0.1) is 5.10 Å². The van der Waals surface area contributed by atoms with E-state index >= 15 is 0 Å². The second kappa shape index (κ2) is 11.1. The molecule has 0 spiro atoms. The fraction of sp³-hybridized carbons (Fsp3) is 0.792. The molecule has 3 aliphatic rings. The molecule has 2 fully saturated rings. The Bertz CT molecular complexity index is 835. The number of carbonyl (C=O) groups is 4. The summed E-state index contributed by atoms with van der Waals surface area (Å²) in [4.78, 5) is 52.7. The maximum absolute atomic E-state index is 13.1. The highest BCUT2D eigenvalue weighted by molar-refractivity contribution is 8.13. The molecule has 9 nitrogen and oxygen atoms in total. The molecule has 2 unspecified atom stereocenters. The van der Waals surface area contributed by atoms with Gasteiger partial charge >= 0.3 is 6.03 Å². The lowest BCUT2D eigenvalue weighted by Gasteiger charge is -2.25. The molecule has 190 valence electrons. The van der Waals surface area contributed by atoms with Gasteiger partial charge in [0.25, 0.3) is 11.5 Å². The average Bonchev–Trinajstić information content (AvgIpc) is 3.13. The first-order valence-corrected chi connectivity index (χ1v) is 13.3. The van der Waals surface area contributed by atoms with Crippen LogP contribution in [0.3, 0.4) is 0 Å². The molecule has 1 aliphatic carbocycles. The van der Waals surface area contributed by atoms with Gasteiger partial charge in [0, 0.05) is 25.3 Å². The van der Waals surface area contributed by atoms with Gasteiger partial charge < -0.3 is 15.0 Å². The predicted octanol–water partition coefficient (Wildman–Crippen LogP) is 3.52. The first-order valence-electron chi connectivity index (χ1n) is 12.3. The Morgan fingerprint density at radius 1 is 1.18 bits per heavy atom. The van der Waals surface area contributed by atoms with E-state index in [1.54, 1.807) is 20.9 Å². The number of nitrogens with zero attached hydrogens (tertiary/aromatic N) is 3. The van der Waals surface area contributed by atoms with Crippen LogP contribution in [0.15, 0.2) is 5.10 Å². The van der Waals surface area contributed by atoms with E-state index < -0.39 is 23.7 Å². The molecule has 2 atom stereocenters. The van der Waals surface area contributed by atoms with E-state index in [2.05, 4.69) is 10.4 Å². The zero-order chi connectivity index (χ0) is 25.0. The monoisotopic (exact) mass is 494 g/mol. The zero-order valence-electron chi connectivity index (χ0n) is 21.0. The van der Waals surface area contributed by atoms with Gasteiger partial charge in [-0.1, -0.05) is 51.3 Å². The van der Waals surface area contributed by atoms with Gasteiger partial charge in [0.2, 0.25) is 5.91 Å². The Balaban J connectivity index is 1.69. The molecule has 0 bridgehead atoms. The molecule has 10 heteroatoms. The van der Waals surface area contributed by atoms with E-state index in [-0.39, 0.29) is 40.9 Å². The number of urea groups is 1. The van der Waals surface area contributed by atoms with Crippen LogP contribution in [0.25, 0.3) is 0 Å². The summed E-state index contributed by atoms with van der Waals surface area (Å²) in [6.07, 6.45) is 6.12. The van der Waals surface area contributed by atoms with Gasteiger partial charge in [-0.05, 0) is 39.0 Å². The summed E-state index contributed by atoms with van der Waals surface area (Å²) in [6.45, 7) is 7.52. The molecule has 34 heavy (non-hydrogen) atoms. The number of ether oxygens (including phenoxy) is 1. The van der Waals surface area contributed by atoms with Crippen molar-refractivity contribution in [3.05, 3.63) is 0 Å². The molecule has 1 N–H and O–H groups in total. The van der Waals surface area contributed by atoms with Crippen molar-refractivity contribution in [1.29, 1.82) is 0 Å². The first kappa shape index (κ1) is 26.5. The van der Waals surface area contributed by atoms with E-state index in [0.29, 0.717) is 12.3 Å². The predicted molar refractivity (Wildman–Crippen MR) is 131 cm³/mol. The average molecular weight is 495 g/mol. The Kier molecular flexibility index (Phi) is 8.65. The number of likely N-dealkylation sites (N-methyl/N-ethyl adjacent to an activating group) is 1. The Morgan fingerprint density at radius 3 is 2.38 bits per heavy atom. The van der Waals surface area contributed by atoms with Crippen LogP contribution < -0.4 is 5.32 Å². The smallest absolute Gasteiger partial charge is 0.341 e. The van der Waals surface area contributed by atoms with Crippen molar-refractivity contribution in [2.45, 2.75) is 96.9 Å². The number of carbonyl (C=O) groups excluding carboxylic acids is 4. The first-order chi connectivity index (χ1) is 16.0. The van der Waals surface area contributed by atoms with E-state index in [0.717, 1.165) is 42.5 Å². The number of hydrogen-bond acceptors (Lipinski definition) is 7. The lowest BCUT2D eigenvalue weighted by atomic mass is 9.96. The van der Waals surface area contributed by atoms with Crippen LogP contribution in [0.1, 0.15) is 79.1 Å². The Labute approximate surface area is 206 Å². The molecular formula is C24H38N4O5S. The second-order valence-corrected chi connectivity index (χ2v) is 11.4. The number of hydrazone groups is 1. The lowest BCUT2D eigenvalue weighted by Crippen LogP contribution is -2.48. The van der Waals surface area contributed by atoms with Crippen LogP contribution in [0.5, 0.6) is 0 Å². The third kappa shape index (κ3) is 5.93. The van der Waals surface area contributed by atoms with Gasteiger partial charge in [0.1, 0.15) is 5.92 Å². The normalized spacial score (nSPS) is 25.4. The van der Waals surface area contributed by atoms with Gasteiger partial charge in [0.15, 0.2) is 11.6 Å². The maximum Gasteiger partial charge on any atom is 0.341 e. The summed E-state index contributed by atoms with van der Waals surface area (Å²) in [6, 6.07) is -0.390. The van der Waals surface area contributed by atoms with Gasteiger partial charge in [-0.2, -0.15) is 5.01 Å². The summed E-state index contributed by atoms with van der Waals surface area (Å²) in [5, 5.41) is 8.55. The lowest BCUT2D eigenvalue weighted by molar-refractivity contribution is -0.132. The number of rotatable bonds is 7. The summed E-state index contributed by atoms with van der Waals surface area (Å²) >= 11 is 1.09. The summed E-state index contributed by atoms with van der Waals surface area (Å²) in [7, 11) is 1.62. The molecule has 0 aromatic rings. The zero-order valence-corrected chi connectivity index (χ0v) is 21.8. The van der Waals surface area contributed by atoms with Crippen LogP contribution >= 0.6 is 11.8 Å². The van der Waals surface area contributed by atoms with Crippen molar-refractivity contribution >= 4 is 40.5 Å². The van der Waals surface area contributed by atoms with E-state index in [9.17, 15) is 19.2 Å². The molecule has 3 amide bonds. The second-order valence-electron chi connectivity index (χ2n) is 10.4. The molecule has 0 aromatic carbocycles. The van der Waals surface area contributed by atoms with E-state index in [4.69, 9.17) is 4.74 Å². The summed E-state index contributed by atoms with van der Waals surface area (Å²) in [5.74, 6) is -0.923. The van der Waals surface area contributed by atoms with Crippen molar-refractivity contribution in [2.24, 2.45) is 16.9 Å². The number of nitrogens with one attached hydrogen (secondary N) is 1. The fourth-order valence-corrected chi connectivity index (χ4v) is 5.37. The number of Topliss-reactive ketones (excluding diaryl/α,β-unsaturated/α-hetero) is 2. The molecule has 2 heterocycles. The van der Waals surface area contributed by atoms with Crippen LogP contribution in [-0.2, 0) is 19.1 Å². The van der Waals surface area contributed by atoms with Crippen molar-refractivity contribution in [1.82, 2.24) is 15.2 Å². The topological polar surface area (TPSA) is 108 Å². The summed E-state index contributed by atoms with van der Waals surface area (Å²) in [5.41, 5.74) is -0.860. The minimum absolute atomic E-state index is 0.0554. The van der Waals surface area contributed by atoms with E-state index in [1.165, 1.54) is 17.7 Å². The number of thioether (sulfide) groups is 1. The maximum atomic E-state index is 13.1. The molecule has 2 aliphatic heterocycles. The number of ketones is 2. The SMILES string of the molecule is CC(C)CCC(=O)C1OC(SCC2C(=O)N(C)C(C)(C)C2=O)=NN1C(=O)NC1CCCCCC1. The molecule has 1 saturated heterocycles. The standard InChI is InChI=1S/C24H38N4O5S/c1-15(2)12-13-18(29)21-28(22(32)25-16-10-8-6-7-9-11-16)26-23(33-21)34-14-17-19(30)24(3,4)27(5)20(17)31/h15-17,21H,6-14H2,1-5H3,(H,25,32). The Hall–Kier alpha value is -2.10. The van der Waals surface area contributed by atoms with E-state index in [1.807, 2.05) is 13.8 Å². The highest BCUT2D eigenvalue weighted by Gasteiger charge is 2.51. The third-order valence-corrected chi connectivity index (χ3v) is 7.94. The third-order valence-electron chi connectivity index (χ3n) is 7.02. The minimum atomic E-state index is -1.12. The van der Waals surface area contributed by atoms with Crippen molar-refractivity contribution < 1.29 is 23.9 Å². The van der Waals surface area contributed by atoms with Gasteiger partial charge in [-0.3, -0.25) is 14.4 Å².